The van der Waals surface area contributed by atoms with Gasteiger partial charge in [-0.1, -0.05) is 139 Å². The van der Waals surface area contributed by atoms with E-state index in [1.807, 2.05) is 33.3 Å². The number of aliphatic hydroxyl groups is 1. The van der Waals surface area contributed by atoms with Crippen LogP contribution >= 0.6 is 7.82 Å². The summed E-state index contributed by atoms with van der Waals surface area (Å²) in [6.07, 6.45) is 43.0. The maximum atomic E-state index is 12.8. The number of hydrogen-bond donors (Lipinski definition) is 3. The van der Waals surface area contributed by atoms with Gasteiger partial charge >= 0.3 is 7.82 Å². The molecule has 3 N–H and O–H groups in total. The summed E-state index contributed by atoms with van der Waals surface area (Å²) in [5.41, 5.74) is 0. The number of nitrogens with one attached hydrogen (secondary N) is 1. The predicted molar refractivity (Wildman–Crippen MR) is 217 cm³/mol. The van der Waals surface area contributed by atoms with Gasteiger partial charge in [-0.2, -0.15) is 0 Å². The van der Waals surface area contributed by atoms with Crippen molar-refractivity contribution in [2.75, 3.05) is 40.9 Å². The largest absolute Gasteiger partial charge is 0.472 e. The van der Waals surface area contributed by atoms with E-state index in [-0.39, 0.29) is 25.5 Å². The van der Waals surface area contributed by atoms with Gasteiger partial charge < -0.3 is 19.8 Å². The molecule has 1 amide bonds. The number of aliphatic hydroxyl groups excluding tert-OH is 1. The van der Waals surface area contributed by atoms with Gasteiger partial charge in [-0.25, -0.2) is 4.57 Å². The van der Waals surface area contributed by atoms with Crippen molar-refractivity contribution in [1.29, 1.82) is 0 Å². The van der Waals surface area contributed by atoms with Crippen molar-refractivity contribution in [2.24, 2.45) is 0 Å². The standard InChI is InChI=1S/C42H77N2O6P/c1-6-8-10-12-14-16-18-20-21-22-24-25-27-29-31-33-35-41(45)40(39-50-51(47,48)49-38-37-44(3,4)5)43-42(46)36-34-32-30-28-26-23-19-17-15-13-11-9-7-2/h20-21,23,25-27,30,32-33,35,40-41,45H,6-19,22,24,28-29,31,34,36-39H2,1-5H3,(H-,43,46,47,48)/p+1/b21-20+,26-23-,27-25+,32-30-,35-33+. The SMILES string of the molecule is CCCCCCCC/C=C\C/C=C\CCC(=O)NC(COP(=O)(O)OCC[N+](C)(C)C)C(O)/C=C/CC/C=C/CC/C=C/CCCCCCCC. The molecular weight excluding hydrogens is 659 g/mol. The molecule has 0 bridgehead atoms. The van der Waals surface area contributed by atoms with Crippen LogP contribution in [0.3, 0.4) is 0 Å². The second-order valence-electron chi connectivity index (χ2n) is 14.6. The Hall–Kier alpha value is -1.80. The maximum absolute atomic E-state index is 12.8. The van der Waals surface area contributed by atoms with Crippen molar-refractivity contribution in [3.63, 3.8) is 0 Å². The van der Waals surface area contributed by atoms with E-state index in [9.17, 15) is 19.4 Å². The van der Waals surface area contributed by atoms with Gasteiger partial charge in [0.25, 0.3) is 0 Å². The number of allylic oxidation sites excluding steroid dienone is 9. The zero-order valence-corrected chi connectivity index (χ0v) is 34.2. The first-order valence-corrected chi connectivity index (χ1v) is 21.7. The average Bonchev–Trinajstić information content (AvgIpc) is 3.07. The number of quaternary nitrogens is 1. The molecule has 0 saturated heterocycles. The van der Waals surface area contributed by atoms with E-state index in [0.717, 1.165) is 38.5 Å². The molecule has 0 radical (unpaired) electrons. The van der Waals surface area contributed by atoms with Crippen molar-refractivity contribution >= 4 is 13.7 Å². The summed E-state index contributed by atoms with van der Waals surface area (Å²) < 4.78 is 23.4. The number of carbonyl (C=O) groups excluding carboxylic acids is 1. The molecule has 9 heteroatoms. The fourth-order valence-electron chi connectivity index (χ4n) is 5.18. The van der Waals surface area contributed by atoms with Crippen molar-refractivity contribution in [2.45, 2.75) is 161 Å². The van der Waals surface area contributed by atoms with Crippen LogP contribution in [0, 0.1) is 0 Å². The lowest BCUT2D eigenvalue weighted by Gasteiger charge is -2.25. The summed E-state index contributed by atoms with van der Waals surface area (Å²) in [6.45, 7) is 4.69. The minimum absolute atomic E-state index is 0.0420. The lowest BCUT2D eigenvalue weighted by Crippen LogP contribution is -2.45. The van der Waals surface area contributed by atoms with Crippen molar-refractivity contribution in [1.82, 2.24) is 5.32 Å². The molecule has 0 aromatic carbocycles. The van der Waals surface area contributed by atoms with Gasteiger partial charge in [0, 0.05) is 6.42 Å². The van der Waals surface area contributed by atoms with E-state index in [4.69, 9.17) is 9.05 Å². The fourth-order valence-corrected chi connectivity index (χ4v) is 5.91. The van der Waals surface area contributed by atoms with Crippen LogP contribution in [-0.4, -0.2) is 73.4 Å². The van der Waals surface area contributed by atoms with Crippen LogP contribution in [0.15, 0.2) is 60.8 Å². The van der Waals surface area contributed by atoms with Gasteiger partial charge in [0.1, 0.15) is 13.2 Å². The molecule has 0 aromatic heterocycles. The first-order chi connectivity index (χ1) is 24.5. The number of hydrogen-bond acceptors (Lipinski definition) is 5. The summed E-state index contributed by atoms with van der Waals surface area (Å²) >= 11 is 0. The van der Waals surface area contributed by atoms with Crippen molar-refractivity contribution in [3.05, 3.63) is 60.8 Å². The third-order valence-corrected chi connectivity index (χ3v) is 9.44. The topological polar surface area (TPSA) is 105 Å². The molecule has 0 heterocycles. The van der Waals surface area contributed by atoms with Crippen molar-refractivity contribution < 1.29 is 32.9 Å². The van der Waals surface area contributed by atoms with Gasteiger partial charge in [0.15, 0.2) is 0 Å². The molecule has 3 atom stereocenters. The highest BCUT2D eigenvalue weighted by Gasteiger charge is 2.27. The Labute approximate surface area is 313 Å². The van der Waals surface area contributed by atoms with Crippen LogP contribution < -0.4 is 5.32 Å². The van der Waals surface area contributed by atoms with Crippen LogP contribution in [0.25, 0.3) is 0 Å². The van der Waals surface area contributed by atoms with E-state index in [1.165, 1.54) is 83.5 Å². The van der Waals surface area contributed by atoms with Gasteiger partial charge in [-0.05, 0) is 64.2 Å². The first kappa shape index (κ1) is 49.2. The molecule has 8 nitrogen and oxygen atoms in total. The zero-order valence-electron chi connectivity index (χ0n) is 33.3. The van der Waals surface area contributed by atoms with Gasteiger partial charge in [-0.3, -0.25) is 13.8 Å². The Kier molecular flexibility index (Phi) is 32.8. The molecule has 3 unspecified atom stereocenters. The van der Waals surface area contributed by atoms with Crippen LogP contribution in [0.1, 0.15) is 149 Å². The lowest BCUT2D eigenvalue weighted by molar-refractivity contribution is -0.870. The normalized spacial score (nSPS) is 15.2. The third-order valence-electron chi connectivity index (χ3n) is 8.45. The van der Waals surface area contributed by atoms with E-state index < -0.39 is 20.0 Å². The molecule has 51 heavy (non-hydrogen) atoms. The highest BCUT2D eigenvalue weighted by molar-refractivity contribution is 7.47. The van der Waals surface area contributed by atoms with E-state index in [2.05, 4.69) is 61.7 Å². The van der Waals surface area contributed by atoms with Gasteiger partial charge in [0.05, 0.1) is 39.9 Å². The highest BCUT2D eigenvalue weighted by Crippen LogP contribution is 2.43. The second-order valence-corrected chi connectivity index (χ2v) is 16.1. The number of phosphoric ester groups is 1. The van der Waals surface area contributed by atoms with E-state index >= 15 is 0 Å². The number of unbranched alkanes of at least 4 members (excludes halogenated alkanes) is 14. The Balaban J connectivity index is 4.69. The summed E-state index contributed by atoms with van der Waals surface area (Å²) in [5, 5.41) is 13.7. The molecule has 0 spiro atoms. The quantitative estimate of drug-likeness (QED) is 0.0259. The Morgan fingerprint density at radius 3 is 1.69 bits per heavy atom. The fraction of sp³-hybridized carbons (Fsp3) is 0.738. The minimum atomic E-state index is -4.36. The van der Waals surface area contributed by atoms with Gasteiger partial charge in [0.2, 0.25) is 5.91 Å². The number of likely N-dealkylation sites (N-methyl/N-ethyl adjacent to an activating group) is 1. The number of phosphoric acid groups is 1. The monoisotopic (exact) mass is 738 g/mol. The lowest BCUT2D eigenvalue weighted by atomic mass is 10.1. The second kappa shape index (κ2) is 34.0. The first-order valence-electron chi connectivity index (χ1n) is 20.2. The third kappa shape index (κ3) is 36.4. The molecule has 0 aliphatic rings. The number of nitrogens with zero attached hydrogens (tertiary/aromatic N) is 1. The van der Waals surface area contributed by atoms with Crippen LogP contribution in [0.5, 0.6) is 0 Å². The molecule has 0 fully saturated rings. The highest BCUT2D eigenvalue weighted by atomic mass is 31.2. The van der Waals surface area contributed by atoms with E-state index in [0.29, 0.717) is 17.4 Å². The predicted octanol–water partition coefficient (Wildman–Crippen LogP) is 10.7. The Bertz CT molecular complexity index is 1020. The average molecular weight is 738 g/mol. The smallest absolute Gasteiger partial charge is 0.387 e. The van der Waals surface area contributed by atoms with E-state index in [1.54, 1.807) is 6.08 Å². The van der Waals surface area contributed by atoms with Crippen LogP contribution in [0.4, 0.5) is 0 Å². The van der Waals surface area contributed by atoms with Crippen molar-refractivity contribution in [3.8, 4) is 0 Å². The van der Waals surface area contributed by atoms with Crippen LogP contribution in [-0.2, 0) is 18.4 Å². The summed E-state index contributed by atoms with van der Waals surface area (Å²) in [5.74, 6) is -0.262. The maximum Gasteiger partial charge on any atom is 0.472 e. The van der Waals surface area contributed by atoms with Crippen LogP contribution in [0.2, 0.25) is 0 Å². The Morgan fingerprint density at radius 1 is 0.667 bits per heavy atom. The molecular formula is C42H78N2O6P+. The molecule has 0 aliphatic heterocycles. The number of rotatable bonds is 35. The number of amides is 1. The number of carbonyl (C=O) groups is 1. The summed E-state index contributed by atoms with van der Waals surface area (Å²) in [6, 6.07) is -0.899. The molecule has 0 aliphatic carbocycles. The molecule has 0 aromatic rings. The zero-order chi connectivity index (χ0) is 37.9. The molecule has 0 saturated carbocycles. The molecule has 0 rings (SSSR count). The molecule has 296 valence electrons. The summed E-state index contributed by atoms with van der Waals surface area (Å²) in [7, 11) is 1.50. The summed E-state index contributed by atoms with van der Waals surface area (Å²) in [4.78, 5) is 23.0. The Morgan fingerprint density at radius 2 is 1.14 bits per heavy atom. The minimum Gasteiger partial charge on any atom is -0.387 e. The van der Waals surface area contributed by atoms with Gasteiger partial charge in [-0.15, -0.1) is 0 Å².